The smallest absolute Gasteiger partial charge is 0.227 e. The molecule has 2 amide bonds. The Morgan fingerprint density at radius 2 is 1.80 bits per heavy atom. The van der Waals surface area contributed by atoms with Gasteiger partial charge in [0.1, 0.15) is 0 Å². The number of ether oxygens (including phenoxy) is 1. The van der Waals surface area contributed by atoms with Crippen LogP contribution in [-0.2, 0) is 20.9 Å². The van der Waals surface area contributed by atoms with Crippen molar-refractivity contribution in [1.29, 1.82) is 0 Å². The number of carbonyl (C=O) groups excluding carboxylic acids is 2. The summed E-state index contributed by atoms with van der Waals surface area (Å²) in [6.45, 7) is 2.75. The molecule has 0 spiro atoms. The van der Waals surface area contributed by atoms with E-state index >= 15 is 0 Å². The first-order valence-electron chi connectivity index (χ1n) is 9.44. The molecule has 0 N–H and O–H groups in total. The van der Waals surface area contributed by atoms with Gasteiger partial charge in [0.05, 0.1) is 18.6 Å². The molecule has 3 fully saturated rings. The summed E-state index contributed by atoms with van der Waals surface area (Å²) in [5.41, 5.74) is 1.19. The Morgan fingerprint density at radius 1 is 1.08 bits per heavy atom. The summed E-state index contributed by atoms with van der Waals surface area (Å²) in [5, 5.41) is 0. The lowest BCUT2D eigenvalue weighted by Crippen LogP contribution is -2.44. The monoisotopic (exact) mass is 342 g/mol. The van der Waals surface area contributed by atoms with E-state index < -0.39 is 0 Å². The van der Waals surface area contributed by atoms with E-state index in [0.717, 1.165) is 38.8 Å². The van der Waals surface area contributed by atoms with Crippen LogP contribution in [0.3, 0.4) is 0 Å². The molecular formula is C20H26N2O3. The van der Waals surface area contributed by atoms with Crippen LogP contribution in [0.15, 0.2) is 30.3 Å². The maximum atomic E-state index is 12.7. The van der Waals surface area contributed by atoms with Crippen LogP contribution in [0.25, 0.3) is 0 Å². The van der Waals surface area contributed by atoms with Gasteiger partial charge in [0, 0.05) is 32.1 Å². The maximum absolute atomic E-state index is 12.7. The highest BCUT2D eigenvalue weighted by molar-refractivity contribution is 5.89. The Labute approximate surface area is 148 Å². The lowest BCUT2D eigenvalue weighted by atomic mass is 10.0. The van der Waals surface area contributed by atoms with Crippen LogP contribution in [0.4, 0.5) is 0 Å². The van der Waals surface area contributed by atoms with Gasteiger partial charge in [-0.3, -0.25) is 9.59 Å². The first-order chi connectivity index (χ1) is 12.2. The Kier molecular flexibility index (Phi) is 4.75. The van der Waals surface area contributed by atoms with Gasteiger partial charge in [0.25, 0.3) is 0 Å². The van der Waals surface area contributed by atoms with Gasteiger partial charge in [-0.15, -0.1) is 0 Å². The summed E-state index contributed by atoms with van der Waals surface area (Å²) < 4.78 is 6.00. The summed E-state index contributed by atoms with van der Waals surface area (Å²) in [5.74, 6) is 0.204. The Hall–Kier alpha value is -1.88. The molecule has 2 aliphatic heterocycles. The lowest BCUT2D eigenvalue weighted by molar-refractivity contribution is -0.138. The van der Waals surface area contributed by atoms with Crippen molar-refractivity contribution >= 4 is 11.8 Å². The van der Waals surface area contributed by atoms with Gasteiger partial charge in [-0.05, 0) is 31.2 Å². The van der Waals surface area contributed by atoms with Gasteiger partial charge in [-0.1, -0.05) is 30.3 Å². The van der Waals surface area contributed by atoms with Crippen molar-refractivity contribution in [2.75, 3.05) is 19.6 Å². The third-order valence-corrected chi connectivity index (χ3v) is 5.58. The molecule has 2 heterocycles. The van der Waals surface area contributed by atoms with Crippen LogP contribution in [0, 0.1) is 5.92 Å². The van der Waals surface area contributed by atoms with Crippen LogP contribution in [0.5, 0.6) is 0 Å². The molecule has 0 radical (unpaired) electrons. The number of hydrogen-bond donors (Lipinski definition) is 0. The number of piperidine rings is 1. The van der Waals surface area contributed by atoms with Crippen LogP contribution < -0.4 is 0 Å². The second-order valence-electron chi connectivity index (χ2n) is 7.50. The fourth-order valence-electron chi connectivity index (χ4n) is 3.93. The standard InChI is InChI=1S/C20H26N2O3/c23-19-12-16(13-22(19)17-6-7-17)20(24)21-10-8-18(9-11-21)25-14-15-4-2-1-3-5-15/h1-5,16-18H,6-14H2/t16-/m0/s1. The summed E-state index contributed by atoms with van der Waals surface area (Å²) in [6, 6.07) is 10.6. The third-order valence-electron chi connectivity index (χ3n) is 5.58. The van der Waals surface area contributed by atoms with Crippen molar-refractivity contribution in [3.05, 3.63) is 35.9 Å². The first-order valence-corrected chi connectivity index (χ1v) is 9.44. The topological polar surface area (TPSA) is 49.9 Å². The van der Waals surface area contributed by atoms with E-state index in [4.69, 9.17) is 4.74 Å². The van der Waals surface area contributed by atoms with E-state index in [9.17, 15) is 9.59 Å². The molecule has 0 aromatic heterocycles. The second kappa shape index (κ2) is 7.16. The Morgan fingerprint density at radius 3 is 2.48 bits per heavy atom. The predicted octanol–water partition coefficient (Wildman–Crippen LogP) is 2.21. The summed E-state index contributed by atoms with van der Waals surface area (Å²) in [7, 11) is 0. The van der Waals surface area contributed by atoms with E-state index in [0.29, 0.717) is 25.6 Å². The van der Waals surface area contributed by atoms with Gasteiger partial charge in [-0.25, -0.2) is 0 Å². The Balaban J connectivity index is 1.23. The minimum atomic E-state index is -0.130. The molecule has 1 atom stereocenters. The van der Waals surface area contributed by atoms with Crippen molar-refractivity contribution in [2.45, 2.75) is 50.9 Å². The van der Waals surface area contributed by atoms with Gasteiger partial charge in [-0.2, -0.15) is 0 Å². The summed E-state index contributed by atoms with van der Waals surface area (Å²) >= 11 is 0. The zero-order valence-corrected chi connectivity index (χ0v) is 14.6. The van der Waals surface area contributed by atoms with Crippen LogP contribution >= 0.6 is 0 Å². The van der Waals surface area contributed by atoms with Gasteiger partial charge in [0.2, 0.25) is 11.8 Å². The lowest BCUT2D eigenvalue weighted by Gasteiger charge is -2.33. The van der Waals surface area contributed by atoms with Crippen molar-refractivity contribution < 1.29 is 14.3 Å². The molecule has 1 aromatic carbocycles. The van der Waals surface area contributed by atoms with Crippen LogP contribution in [0.1, 0.15) is 37.7 Å². The molecule has 1 aliphatic carbocycles. The zero-order chi connectivity index (χ0) is 17.2. The highest BCUT2D eigenvalue weighted by Crippen LogP contribution is 2.33. The van der Waals surface area contributed by atoms with E-state index in [1.54, 1.807) is 0 Å². The molecule has 3 aliphatic rings. The number of nitrogens with zero attached hydrogens (tertiary/aromatic N) is 2. The zero-order valence-electron chi connectivity index (χ0n) is 14.6. The number of carbonyl (C=O) groups is 2. The van der Waals surface area contributed by atoms with Crippen molar-refractivity contribution in [2.24, 2.45) is 5.92 Å². The predicted molar refractivity (Wildman–Crippen MR) is 93.7 cm³/mol. The van der Waals surface area contributed by atoms with Crippen LogP contribution in [0.2, 0.25) is 0 Å². The molecule has 4 rings (SSSR count). The van der Waals surface area contributed by atoms with Gasteiger partial charge < -0.3 is 14.5 Å². The van der Waals surface area contributed by atoms with Crippen molar-refractivity contribution in [3.8, 4) is 0 Å². The SMILES string of the molecule is O=C([C@H]1CC(=O)N(C2CC2)C1)N1CCC(OCc2ccccc2)CC1. The first kappa shape index (κ1) is 16.6. The molecule has 0 unspecified atom stereocenters. The van der Waals surface area contributed by atoms with E-state index in [2.05, 4.69) is 12.1 Å². The second-order valence-corrected chi connectivity index (χ2v) is 7.50. The number of hydrogen-bond acceptors (Lipinski definition) is 3. The maximum Gasteiger partial charge on any atom is 0.227 e. The molecule has 0 bridgehead atoms. The van der Waals surface area contributed by atoms with Crippen LogP contribution in [-0.4, -0.2) is 53.4 Å². The van der Waals surface area contributed by atoms with E-state index in [-0.39, 0.29) is 23.8 Å². The number of rotatable bonds is 5. The highest BCUT2D eigenvalue weighted by atomic mass is 16.5. The fourth-order valence-corrected chi connectivity index (χ4v) is 3.93. The largest absolute Gasteiger partial charge is 0.373 e. The van der Waals surface area contributed by atoms with Crippen molar-refractivity contribution in [3.63, 3.8) is 0 Å². The Bertz CT molecular complexity index is 621. The van der Waals surface area contributed by atoms with Gasteiger partial charge >= 0.3 is 0 Å². The highest BCUT2D eigenvalue weighted by Gasteiger charge is 2.43. The third kappa shape index (κ3) is 3.87. The minimum absolute atomic E-state index is 0.130. The molecule has 2 saturated heterocycles. The van der Waals surface area contributed by atoms with E-state index in [1.807, 2.05) is 28.0 Å². The van der Waals surface area contributed by atoms with Crippen molar-refractivity contribution in [1.82, 2.24) is 9.80 Å². The molecule has 1 saturated carbocycles. The summed E-state index contributed by atoms with van der Waals surface area (Å²) in [4.78, 5) is 28.7. The molecule has 1 aromatic rings. The fraction of sp³-hybridized carbons (Fsp3) is 0.600. The number of amides is 2. The minimum Gasteiger partial charge on any atom is -0.373 e. The quantitative estimate of drug-likeness (QED) is 0.824. The average molecular weight is 342 g/mol. The number of benzene rings is 1. The molecule has 134 valence electrons. The normalized spacial score (nSPS) is 24.8. The van der Waals surface area contributed by atoms with Gasteiger partial charge in [0.15, 0.2) is 0 Å². The molecular weight excluding hydrogens is 316 g/mol. The molecule has 25 heavy (non-hydrogen) atoms. The summed E-state index contributed by atoms with van der Waals surface area (Å²) in [6.07, 6.45) is 4.60. The van der Waals surface area contributed by atoms with E-state index in [1.165, 1.54) is 5.56 Å². The molecule has 5 heteroatoms. The number of likely N-dealkylation sites (tertiary alicyclic amines) is 2. The average Bonchev–Trinajstić information content (AvgIpc) is 3.42. The molecule has 5 nitrogen and oxygen atoms in total.